The number of halogens is 1. The Hall–Kier alpha value is -2.90. The van der Waals surface area contributed by atoms with E-state index in [0.29, 0.717) is 5.02 Å². The fourth-order valence-electron chi connectivity index (χ4n) is 3.45. The van der Waals surface area contributed by atoms with Gasteiger partial charge in [0.2, 0.25) is 0 Å². The number of allylic oxidation sites excluding steroid dienone is 1. The normalized spacial score (nSPS) is 15.1. The molecule has 0 bridgehead atoms. The SMILES string of the molecule is CN/C=C(\C=N)c1cc(-c2ccc(N3CCNCC3)nc2)c2c(Cl)cnn2c1. The van der Waals surface area contributed by atoms with Gasteiger partial charge in [0.25, 0.3) is 0 Å². The summed E-state index contributed by atoms with van der Waals surface area (Å²) >= 11 is 6.42. The molecule has 0 radical (unpaired) electrons. The summed E-state index contributed by atoms with van der Waals surface area (Å²) in [5, 5.41) is 19.0. The van der Waals surface area contributed by atoms with E-state index < -0.39 is 0 Å². The van der Waals surface area contributed by atoms with Crippen LogP contribution >= 0.6 is 11.6 Å². The number of aromatic nitrogens is 3. The van der Waals surface area contributed by atoms with Crippen LogP contribution in [0.2, 0.25) is 5.02 Å². The number of nitrogens with one attached hydrogen (secondary N) is 3. The Morgan fingerprint density at radius 2 is 2.11 bits per heavy atom. The first kappa shape index (κ1) is 18.5. The number of nitrogens with zero attached hydrogens (tertiary/aromatic N) is 4. The highest BCUT2D eigenvalue weighted by atomic mass is 35.5. The van der Waals surface area contributed by atoms with Crippen molar-refractivity contribution in [3.8, 4) is 11.1 Å². The lowest BCUT2D eigenvalue weighted by molar-refractivity contribution is 0.585. The van der Waals surface area contributed by atoms with Crippen molar-refractivity contribution in [3.05, 3.63) is 53.6 Å². The summed E-state index contributed by atoms with van der Waals surface area (Å²) in [5.41, 5.74) is 4.35. The molecule has 28 heavy (non-hydrogen) atoms. The van der Waals surface area contributed by atoms with E-state index in [9.17, 15) is 0 Å². The predicted molar refractivity (Wildman–Crippen MR) is 114 cm³/mol. The number of rotatable bonds is 5. The standard InChI is InChI=1S/C20H22ClN7/c1-23-10-16(9-22)15-8-17(20-18(21)12-26-28(20)13-15)14-2-3-19(25-11-14)27-6-4-24-5-7-27/h2-3,8-13,22-24H,4-7H2,1H3/b16-10+,22-9?. The van der Waals surface area contributed by atoms with Crippen LogP contribution in [-0.4, -0.2) is 54.0 Å². The van der Waals surface area contributed by atoms with E-state index in [0.717, 1.165) is 59.8 Å². The van der Waals surface area contributed by atoms with Gasteiger partial charge < -0.3 is 20.9 Å². The molecule has 0 spiro atoms. The molecular weight excluding hydrogens is 374 g/mol. The molecule has 3 N–H and O–H groups in total. The van der Waals surface area contributed by atoms with E-state index in [2.05, 4.69) is 37.7 Å². The van der Waals surface area contributed by atoms with Crippen molar-refractivity contribution in [1.29, 1.82) is 5.41 Å². The van der Waals surface area contributed by atoms with Crippen molar-refractivity contribution < 1.29 is 0 Å². The van der Waals surface area contributed by atoms with Crippen LogP contribution in [0.25, 0.3) is 22.2 Å². The molecule has 0 aliphatic carbocycles. The highest BCUT2D eigenvalue weighted by Gasteiger charge is 2.15. The van der Waals surface area contributed by atoms with E-state index in [-0.39, 0.29) is 0 Å². The lowest BCUT2D eigenvalue weighted by Crippen LogP contribution is -2.43. The number of pyridine rings is 2. The molecule has 0 unspecified atom stereocenters. The first-order valence-corrected chi connectivity index (χ1v) is 9.56. The second-order valence-electron chi connectivity index (χ2n) is 6.60. The molecule has 0 atom stereocenters. The highest BCUT2D eigenvalue weighted by molar-refractivity contribution is 6.34. The zero-order valence-corrected chi connectivity index (χ0v) is 16.4. The van der Waals surface area contributed by atoms with Gasteiger partial charge in [0.15, 0.2) is 0 Å². The van der Waals surface area contributed by atoms with Crippen molar-refractivity contribution in [3.63, 3.8) is 0 Å². The second kappa shape index (κ2) is 8.00. The molecule has 8 heteroatoms. The third-order valence-corrected chi connectivity index (χ3v) is 5.13. The minimum absolute atomic E-state index is 0.585. The van der Waals surface area contributed by atoms with E-state index in [1.54, 1.807) is 16.9 Å². The zero-order valence-electron chi connectivity index (χ0n) is 15.6. The second-order valence-corrected chi connectivity index (χ2v) is 7.01. The Balaban J connectivity index is 1.79. The first-order chi connectivity index (χ1) is 13.7. The molecule has 7 nitrogen and oxygen atoms in total. The van der Waals surface area contributed by atoms with Crippen LogP contribution < -0.4 is 15.5 Å². The quantitative estimate of drug-likeness (QED) is 0.579. The minimum Gasteiger partial charge on any atom is -0.393 e. The van der Waals surface area contributed by atoms with Gasteiger partial charge in [0.1, 0.15) is 5.82 Å². The van der Waals surface area contributed by atoms with Crippen LogP contribution in [0, 0.1) is 5.41 Å². The lowest BCUT2D eigenvalue weighted by Gasteiger charge is -2.28. The zero-order chi connectivity index (χ0) is 19.5. The van der Waals surface area contributed by atoms with Gasteiger partial charge in [-0.05, 0) is 18.2 Å². The van der Waals surface area contributed by atoms with Crippen LogP contribution in [-0.2, 0) is 0 Å². The van der Waals surface area contributed by atoms with E-state index in [1.165, 1.54) is 6.21 Å². The Morgan fingerprint density at radius 1 is 1.29 bits per heavy atom. The predicted octanol–water partition coefficient (Wildman–Crippen LogP) is 2.67. The minimum atomic E-state index is 0.585. The summed E-state index contributed by atoms with van der Waals surface area (Å²) in [5.74, 6) is 0.979. The molecule has 3 aromatic heterocycles. The topological polar surface area (TPSA) is 81.3 Å². The van der Waals surface area contributed by atoms with Crippen LogP contribution in [0.3, 0.4) is 0 Å². The van der Waals surface area contributed by atoms with Crippen molar-refractivity contribution in [2.24, 2.45) is 0 Å². The summed E-state index contributed by atoms with van der Waals surface area (Å²) in [6.07, 6.45) is 8.50. The molecular formula is C20H22ClN7. The molecule has 144 valence electrons. The summed E-state index contributed by atoms with van der Waals surface area (Å²) in [7, 11) is 1.81. The van der Waals surface area contributed by atoms with Crippen LogP contribution in [0.4, 0.5) is 5.82 Å². The van der Waals surface area contributed by atoms with Gasteiger partial charge >= 0.3 is 0 Å². The molecule has 0 aromatic carbocycles. The largest absolute Gasteiger partial charge is 0.393 e. The van der Waals surface area contributed by atoms with Crippen molar-refractivity contribution in [2.45, 2.75) is 0 Å². The maximum absolute atomic E-state index is 7.72. The van der Waals surface area contributed by atoms with Gasteiger partial charge in [-0.3, -0.25) is 0 Å². The van der Waals surface area contributed by atoms with Crippen LogP contribution in [0.15, 0.2) is 43.0 Å². The number of hydrogen-bond donors (Lipinski definition) is 3. The molecule has 0 amide bonds. The number of fused-ring (bicyclic) bond motifs is 1. The smallest absolute Gasteiger partial charge is 0.128 e. The average molecular weight is 396 g/mol. The summed E-state index contributed by atoms with van der Waals surface area (Å²) in [4.78, 5) is 6.96. The van der Waals surface area contributed by atoms with E-state index in [1.807, 2.05) is 25.5 Å². The Kier molecular flexibility index (Phi) is 5.27. The van der Waals surface area contributed by atoms with Crippen molar-refractivity contribution >= 4 is 34.7 Å². The summed E-state index contributed by atoms with van der Waals surface area (Å²) in [6.45, 7) is 3.86. The molecule has 1 aliphatic rings. The Labute approximate surface area is 168 Å². The fourth-order valence-corrected chi connectivity index (χ4v) is 3.68. The van der Waals surface area contributed by atoms with Crippen molar-refractivity contribution in [2.75, 3.05) is 38.1 Å². The average Bonchev–Trinajstić information content (AvgIpc) is 3.13. The molecule has 1 aliphatic heterocycles. The van der Waals surface area contributed by atoms with Gasteiger partial charge in [-0.15, -0.1) is 0 Å². The maximum atomic E-state index is 7.72. The maximum Gasteiger partial charge on any atom is 0.128 e. The molecule has 4 rings (SSSR count). The van der Waals surface area contributed by atoms with Gasteiger partial charge in [-0.2, -0.15) is 5.10 Å². The van der Waals surface area contributed by atoms with E-state index in [4.69, 9.17) is 17.0 Å². The number of anilines is 1. The Bertz CT molecular complexity index is 1020. The lowest BCUT2D eigenvalue weighted by atomic mass is 10.0. The Morgan fingerprint density at radius 3 is 2.79 bits per heavy atom. The van der Waals surface area contributed by atoms with Gasteiger partial charge in [-0.1, -0.05) is 11.6 Å². The van der Waals surface area contributed by atoms with Gasteiger partial charge in [-0.25, -0.2) is 9.50 Å². The molecule has 1 fully saturated rings. The monoisotopic (exact) mass is 395 g/mol. The van der Waals surface area contributed by atoms with Gasteiger partial charge in [0.05, 0.1) is 16.7 Å². The molecule has 3 aromatic rings. The fraction of sp³-hybridized carbons (Fsp3) is 0.250. The van der Waals surface area contributed by atoms with Gasteiger partial charge in [0, 0.05) is 80.3 Å². The van der Waals surface area contributed by atoms with E-state index >= 15 is 0 Å². The van der Waals surface area contributed by atoms with Crippen molar-refractivity contribution in [1.82, 2.24) is 25.2 Å². The molecule has 0 saturated carbocycles. The third-order valence-electron chi connectivity index (χ3n) is 4.86. The summed E-state index contributed by atoms with van der Waals surface area (Å²) < 4.78 is 1.75. The molecule has 1 saturated heterocycles. The summed E-state index contributed by atoms with van der Waals surface area (Å²) in [6, 6.07) is 6.15. The molecule has 4 heterocycles. The first-order valence-electron chi connectivity index (χ1n) is 9.18. The van der Waals surface area contributed by atoms with Crippen LogP contribution in [0.1, 0.15) is 5.56 Å². The third kappa shape index (κ3) is 3.46. The highest BCUT2D eigenvalue weighted by Crippen LogP contribution is 2.32. The number of piperazine rings is 1. The number of hydrogen-bond acceptors (Lipinski definition) is 6. The van der Waals surface area contributed by atoms with Crippen LogP contribution in [0.5, 0.6) is 0 Å².